The molecule has 1 atom stereocenters. The second-order valence-electron chi connectivity index (χ2n) is 5.54. The molecule has 0 spiro atoms. The number of halogens is 3. The van der Waals surface area contributed by atoms with Crippen molar-refractivity contribution in [3.05, 3.63) is 18.7 Å². The summed E-state index contributed by atoms with van der Waals surface area (Å²) in [5.41, 5.74) is 0. The first-order valence-electron chi connectivity index (χ1n) is 7.76. The molecule has 1 aliphatic rings. The minimum Gasteiger partial charge on any atom is -0.357 e. The van der Waals surface area contributed by atoms with Gasteiger partial charge in [0.2, 0.25) is 0 Å². The Hall–Kier alpha value is -1.77. The highest BCUT2D eigenvalue weighted by atomic mass is 19.4. The van der Waals surface area contributed by atoms with E-state index in [0.717, 1.165) is 0 Å². The number of hydrogen-bond donors (Lipinski definition) is 2. The topological polar surface area (TPSA) is 57.5 Å². The lowest BCUT2D eigenvalue weighted by Crippen LogP contribution is -2.45. The van der Waals surface area contributed by atoms with E-state index in [4.69, 9.17) is 0 Å². The molecule has 2 rings (SSSR count). The van der Waals surface area contributed by atoms with Crippen molar-refractivity contribution >= 4 is 5.96 Å². The molecule has 1 aliphatic heterocycles. The van der Waals surface area contributed by atoms with Crippen molar-refractivity contribution in [2.75, 3.05) is 32.7 Å². The maximum atomic E-state index is 12.4. The van der Waals surface area contributed by atoms with Gasteiger partial charge in [-0.25, -0.2) is 4.98 Å². The van der Waals surface area contributed by atoms with E-state index in [1.807, 2.05) is 17.7 Å². The van der Waals surface area contributed by atoms with Crippen molar-refractivity contribution in [1.82, 2.24) is 25.1 Å². The maximum absolute atomic E-state index is 12.4. The number of rotatable bonds is 6. The molecule has 1 aromatic rings. The van der Waals surface area contributed by atoms with Gasteiger partial charge < -0.3 is 15.2 Å². The fourth-order valence-electron chi connectivity index (χ4n) is 2.56. The molecule has 0 radical (unpaired) electrons. The Labute approximate surface area is 133 Å². The minimum atomic E-state index is -4.14. The number of guanidine groups is 1. The Morgan fingerprint density at radius 2 is 2.26 bits per heavy atom. The van der Waals surface area contributed by atoms with Crippen LogP contribution >= 0.6 is 0 Å². The molecule has 2 heterocycles. The molecule has 23 heavy (non-hydrogen) atoms. The Morgan fingerprint density at radius 1 is 1.43 bits per heavy atom. The van der Waals surface area contributed by atoms with Crippen molar-refractivity contribution in [3.8, 4) is 0 Å². The second-order valence-corrected chi connectivity index (χ2v) is 5.54. The fourth-order valence-corrected chi connectivity index (χ4v) is 2.56. The average molecular weight is 332 g/mol. The van der Waals surface area contributed by atoms with Gasteiger partial charge >= 0.3 is 6.18 Å². The predicted octanol–water partition coefficient (Wildman–Crippen LogP) is 1.07. The van der Waals surface area contributed by atoms with Gasteiger partial charge in [0.05, 0.1) is 19.4 Å². The number of likely N-dealkylation sites (tertiary alicyclic amines) is 1. The van der Waals surface area contributed by atoms with Crippen LogP contribution in [0.1, 0.15) is 13.3 Å². The molecule has 1 saturated heterocycles. The summed E-state index contributed by atoms with van der Waals surface area (Å²) in [4.78, 5) is 9.84. The van der Waals surface area contributed by atoms with Crippen LogP contribution in [0.3, 0.4) is 0 Å². The van der Waals surface area contributed by atoms with Gasteiger partial charge in [-0.15, -0.1) is 0 Å². The van der Waals surface area contributed by atoms with E-state index in [1.165, 1.54) is 4.90 Å². The zero-order valence-electron chi connectivity index (χ0n) is 13.2. The van der Waals surface area contributed by atoms with Gasteiger partial charge in [-0.05, 0) is 13.3 Å². The standard InChI is InChI=1S/C14H23F3N6/c1-2-19-13(20-5-8-22-7-4-18-11-22)21-12-3-6-23(9-12)10-14(15,16)17/h4,7,11-12H,2-3,5-6,8-10H2,1H3,(H2,19,20,21). The molecule has 1 aromatic heterocycles. The zero-order chi connectivity index (χ0) is 16.7. The molecule has 1 fully saturated rings. The fraction of sp³-hybridized carbons (Fsp3) is 0.714. The van der Waals surface area contributed by atoms with E-state index in [1.54, 1.807) is 12.5 Å². The normalized spacial score (nSPS) is 20.0. The summed E-state index contributed by atoms with van der Waals surface area (Å²) in [6.07, 6.45) is 1.84. The summed E-state index contributed by atoms with van der Waals surface area (Å²) in [6, 6.07) is -0.0107. The molecule has 0 aliphatic carbocycles. The maximum Gasteiger partial charge on any atom is 0.401 e. The van der Waals surface area contributed by atoms with Gasteiger partial charge in [0.15, 0.2) is 5.96 Å². The number of aliphatic imine (C=N–C) groups is 1. The summed E-state index contributed by atoms with van der Waals surface area (Å²) in [6.45, 7) is 3.93. The molecule has 0 saturated carbocycles. The van der Waals surface area contributed by atoms with Crippen LogP contribution in [0.2, 0.25) is 0 Å². The molecule has 0 bridgehead atoms. The van der Waals surface area contributed by atoms with Gasteiger partial charge in [-0.2, -0.15) is 13.2 Å². The van der Waals surface area contributed by atoms with Crippen LogP contribution in [-0.2, 0) is 6.54 Å². The van der Waals surface area contributed by atoms with E-state index in [9.17, 15) is 13.2 Å². The van der Waals surface area contributed by atoms with Crippen LogP contribution in [0.25, 0.3) is 0 Å². The largest absolute Gasteiger partial charge is 0.401 e. The molecule has 6 nitrogen and oxygen atoms in total. The van der Waals surface area contributed by atoms with Gasteiger partial charge in [-0.3, -0.25) is 9.89 Å². The number of alkyl halides is 3. The number of nitrogens with zero attached hydrogens (tertiary/aromatic N) is 4. The first-order valence-corrected chi connectivity index (χ1v) is 7.76. The van der Waals surface area contributed by atoms with Crippen LogP contribution in [-0.4, -0.2) is 65.4 Å². The third-order valence-corrected chi connectivity index (χ3v) is 3.55. The summed E-state index contributed by atoms with van der Waals surface area (Å²) < 4.78 is 39.2. The lowest BCUT2D eigenvalue weighted by Gasteiger charge is -2.19. The van der Waals surface area contributed by atoms with E-state index in [2.05, 4.69) is 20.6 Å². The van der Waals surface area contributed by atoms with Gasteiger partial charge in [0.25, 0.3) is 0 Å². The van der Waals surface area contributed by atoms with Crippen molar-refractivity contribution < 1.29 is 13.2 Å². The Bertz CT molecular complexity index is 485. The molecule has 1 unspecified atom stereocenters. The Balaban J connectivity index is 1.79. The Morgan fingerprint density at radius 3 is 2.91 bits per heavy atom. The highest BCUT2D eigenvalue weighted by Crippen LogP contribution is 2.19. The first-order chi connectivity index (χ1) is 11.0. The quantitative estimate of drug-likeness (QED) is 0.604. The number of imidazole rings is 1. The van der Waals surface area contributed by atoms with E-state index in [0.29, 0.717) is 45.1 Å². The molecular weight excluding hydrogens is 309 g/mol. The molecule has 0 amide bonds. The number of nitrogens with one attached hydrogen (secondary N) is 2. The summed E-state index contributed by atoms with van der Waals surface area (Å²) in [7, 11) is 0. The van der Waals surface area contributed by atoms with E-state index >= 15 is 0 Å². The third-order valence-electron chi connectivity index (χ3n) is 3.55. The lowest BCUT2D eigenvalue weighted by atomic mass is 10.3. The zero-order valence-corrected chi connectivity index (χ0v) is 13.2. The van der Waals surface area contributed by atoms with Crippen molar-refractivity contribution in [2.24, 2.45) is 4.99 Å². The van der Waals surface area contributed by atoms with Crippen LogP contribution < -0.4 is 10.6 Å². The lowest BCUT2D eigenvalue weighted by molar-refractivity contribution is -0.143. The van der Waals surface area contributed by atoms with Gasteiger partial charge in [-0.1, -0.05) is 0 Å². The summed E-state index contributed by atoms with van der Waals surface area (Å²) in [5, 5.41) is 6.34. The van der Waals surface area contributed by atoms with Gasteiger partial charge in [0, 0.05) is 44.6 Å². The van der Waals surface area contributed by atoms with E-state index < -0.39 is 12.7 Å². The van der Waals surface area contributed by atoms with Crippen molar-refractivity contribution in [3.63, 3.8) is 0 Å². The molecule has 2 N–H and O–H groups in total. The van der Waals surface area contributed by atoms with Crippen LogP contribution in [0.15, 0.2) is 23.7 Å². The van der Waals surface area contributed by atoms with Crippen LogP contribution in [0.5, 0.6) is 0 Å². The monoisotopic (exact) mass is 332 g/mol. The van der Waals surface area contributed by atoms with Crippen molar-refractivity contribution in [2.45, 2.75) is 32.1 Å². The summed E-state index contributed by atoms with van der Waals surface area (Å²) >= 11 is 0. The van der Waals surface area contributed by atoms with Crippen molar-refractivity contribution in [1.29, 1.82) is 0 Å². The highest BCUT2D eigenvalue weighted by Gasteiger charge is 2.34. The molecule has 9 heteroatoms. The SMILES string of the molecule is CCNC(=NCCn1ccnc1)NC1CCN(CC(F)(F)F)C1. The first kappa shape index (κ1) is 17.6. The summed E-state index contributed by atoms with van der Waals surface area (Å²) in [5.74, 6) is 0.645. The van der Waals surface area contributed by atoms with Gasteiger partial charge in [0.1, 0.15) is 0 Å². The van der Waals surface area contributed by atoms with E-state index in [-0.39, 0.29) is 6.04 Å². The average Bonchev–Trinajstić information content (AvgIpc) is 3.09. The Kier molecular flexibility index (Phi) is 6.26. The third kappa shape index (κ3) is 6.47. The predicted molar refractivity (Wildman–Crippen MR) is 82.2 cm³/mol. The molecule has 0 aromatic carbocycles. The highest BCUT2D eigenvalue weighted by molar-refractivity contribution is 5.80. The second kappa shape index (κ2) is 8.19. The smallest absolute Gasteiger partial charge is 0.357 e. The van der Waals surface area contributed by atoms with Crippen LogP contribution in [0.4, 0.5) is 13.2 Å². The molecule has 130 valence electrons. The molecular formula is C14H23F3N6. The number of hydrogen-bond acceptors (Lipinski definition) is 3. The minimum absolute atomic E-state index is 0.0107. The van der Waals surface area contributed by atoms with Crippen LogP contribution in [0, 0.1) is 0 Å². The number of aromatic nitrogens is 2.